The van der Waals surface area contributed by atoms with Gasteiger partial charge in [-0.25, -0.2) is 14.4 Å². The van der Waals surface area contributed by atoms with Crippen LogP contribution >= 0.6 is 11.8 Å². The van der Waals surface area contributed by atoms with Gasteiger partial charge < -0.3 is 11.5 Å². The molecule has 5 N–H and O–H groups in total. The second-order valence-electron chi connectivity index (χ2n) is 3.94. The summed E-state index contributed by atoms with van der Waals surface area (Å²) in [6, 6.07) is 6.17. The van der Waals surface area contributed by atoms with Gasteiger partial charge in [-0.05, 0) is 24.3 Å². The highest BCUT2D eigenvalue weighted by molar-refractivity contribution is 8.02. The molecule has 8 heteroatoms. The molecule has 0 radical (unpaired) electrons. The van der Waals surface area contributed by atoms with Gasteiger partial charge in [0.15, 0.2) is 5.50 Å². The quantitative estimate of drug-likeness (QED) is 0.700. The van der Waals surface area contributed by atoms with Crippen LogP contribution in [0.5, 0.6) is 0 Å². The van der Waals surface area contributed by atoms with Crippen molar-refractivity contribution in [2.75, 3.05) is 0 Å². The molecule has 3 rings (SSSR count). The zero-order chi connectivity index (χ0) is 13.4. The number of fused-ring (bicyclic) bond motifs is 1. The Kier molecular flexibility index (Phi) is 2.79. The van der Waals surface area contributed by atoms with Crippen molar-refractivity contribution in [1.82, 2.24) is 10.4 Å². The van der Waals surface area contributed by atoms with Crippen molar-refractivity contribution in [2.24, 2.45) is 21.5 Å². The zero-order valence-corrected chi connectivity index (χ0v) is 10.6. The molecule has 1 unspecified atom stereocenters. The normalized spacial score (nSPS) is 21.8. The Bertz CT molecular complexity index is 594. The van der Waals surface area contributed by atoms with Crippen LogP contribution in [0.25, 0.3) is 5.70 Å². The Hall–Kier alpha value is -2.22. The summed E-state index contributed by atoms with van der Waals surface area (Å²) in [7, 11) is 0. The number of hydrogen-bond acceptors (Lipinski definition) is 7. The van der Waals surface area contributed by atoms with Gasteiger partial charge in [0.25, 0.3) is 0 Å². The van der Waals surface area contributed by atoms with Crippen LogP contribution in [0.4, 0.5) is 4.39 Å². The molecule has 2 heterocycles. The lowest BCUT2D eigenvalue weighted by molar-refractivity contribution is 0.340. The lowest BCUT2D eigenvalue weighted by atomic mass is 10.2. The van der Waals surface area contributed by atoms with E-state index in [0.717, 1.165) is 11.3 Å². The van der Waals surface area contributed by atoms with Crippen LogP contribution in [-0.2, 0) is 0 Å². The molecule has 0 bridgehead atoms. The third-order valence-electron chi connectivity index (χ3n) is 2.64. The molecule has 2 aliphatic rings. The Morgan fingerprint density at radius 3 is 2.74 bits per heavy atom. The standard InChI is InChI=1S/C11H11FN6S/c12-7-3-1-6(2-4-7)8-5-19-11-16-9(13)15-10(14)18(11)17-8/h1-5,11,17H,(H4,13,14,15,16). The van der Waals surface area contributed by atoms with E-state index in [1.807, 2.05) is 5.41 Å². The minimum Gasteiger partial charge on any atom is -0.368 e. The van der Waals surface area contributed by atoms with Crippen LogP contribution in [0.2, 0.25) is 0 Å². The smallest absolute Gasteiger partial charge is 0.221 e. The maximum atomic E-state index is 12.9. The molecular weight excluding hydrogens is 267 g/mol. The number of nitrogens with two attached hydrogens (primary N) is 2. The van der Waals surface area contributed by atoms with E-state index < -0.39 is 0 Å². The number of benzene rings is 1. The largest absolute Gasteiger partial charge is 0.368 e. The average Bonchev–Trinajstić information content (AvgIpc) is 2.39. The molecule has 0 aliphatic carbocycles. The summed E-state index contributed by atoms with van der Waals surface area (Å²) < 4.78 is 12.9. The minimum absolute atomic E-state index is 0.159. The number of hydrazine groups is 1. The summed E-state index contributed by atoms with van der Waals surface area (Å²) >= 11 is 1.44. The van der Waals surface area contributed by atoms with Gasteiger partial charge >= 0.3 is 0 Å². The van der Waals surface area contributed by atoms with Crippen LogP contribution < -0.4 is 16.9 Å². The molecule has 19 heavy (non-hydrogen) atoms. The van der Waals surface area contributed by atoms with Crippen LogP contribution in [-0.4, -0.2) is 22.4 Å². The van der Waals surface area contributed by atoms with Crippen molar-refractivity contribution in [3.05, 3.63) is 41.1 Å². The molecule has 0 spiro atoms. The lowest BCUT2D eigenvalue weighted by Gasteiger charge is -2.35. The van der Waals surface area contributed by atoms with Crippen LogP contribution in [0.1, 0.15) is 5.56 Å². The van der Waals surface area contributed by atoms with Gasteiger partial charge in [0.2, 0.25) is 11.9 Å². The lowest BCUT2D eigenvalue weighted by Crippen LogP contribution is -2.54. The molecule has 1 atom stereocenters. The number of thioether (sulfide) groups is 1. The molecule has 0 aromatic heterocycles. The number of halogens is 1. The molecular formula is C11H11FN6S. The van der Waals surface area contributed by atoms with Gasteiger partial charge in [-0.3, -0.25) is 5.43 Å². The Balaban J connectivity index is 1.88. The van der Waals surface area contributed by atoms with Crippen molar-refractivity contribution in [3.8, 4) is 0 Å². The van der Waals surface area contributed by atoms with Crippen molar-refractivity contribution in [2.45, 2.75) is 5.50 Å². The summed E-state index contributed by atoms with van der Waals surface area (Å²) in [6.45, 7) is 0. The van der Waals surface area contributed by atoms with Gasteiger partial charge in [0.1, 0.15) is 5.82 Å². The van der Waals surface area contributed by atoms with Gasteiger partial charge in [-0.1, -0.05) is 11.8 Å². The average molecular weight is 278 g/mol. The molecule has 0 saturated heterocycles. The van der Waals surface area contributed by atoms with Crippen LogP contribution in [0.15, 0.2) is 39.7 Å². The molecule has 1 aromatic rings. The molecule has 2 aliphatic heterocycles. The van der Waals surface area contributed by atoms with E-state index in [4.69, 9.17) is 11.5 Å². The predicted octanol–water partition coefficient (Wildman–Crippen LogP) is 0.604. The Labute approximate surface area is 113 Å². The first-order valence-electron chi connectivity index (χ1n) is 5.48. The summed E-state index contributed by atoms with van der Waals surface area (Å²) in [5, 5.41) is 3.50. The minimum atomic E-state index is -0.276. The zero-order valence-electron chi connectivity index (χ0n) is 9.75. The van der Waals surface area contributed by atoms with Gasteiger partial charge in [0, 0.05) is 11.0 Å². The van der Waals surface area contributed by atoms with E-state index in [9.17, 15) is 4.39 Å². The van der Waals surface area contributed by atoms with Gasteiger partial charge in [-0.2, -0.15) is 4.99 Å². The fourth-order valence-electron chi connectivity index (χ4n) is 1.73. The van der Waals surface area contributed by atoms with E-state index in [0.29, 0.717) is 0 Å². The number of nitrogens with one attached hydrogen (secondary N) is 1. The fourth-order valence-corrected chi connectivity index (χ4v) is 2.63. The van der Waals surface area contributed by atoms with E-state index in [2.05, 4.69) is 15.4 Å². The van der Waals surface area contributed by atoms with Gasteiger partial charge in [0.05, 0.1) is 5.70 Å². The maximum Gasteiger partial charge on any atom is 0.221 e. The maximum absolute atomic E-state index is 12.9. The first-order valence-corrected chi connectivity index (χ1v) is 6.43. The molecule has 1 aromatic carbocycles. The highest BCUT2D eigenvalue weighted by atomic mass is 32.2. The Morgan fingerprint density at radius 1 is 1.26 bits per heavy atom. The van der Waals surface area contributed by atoms with Crippen LogP contribution in [0, 0.1) is 5.82 Å². The van der Waals surface area contributed by atoms with Gasteiger partial charge in [-0.15, -0.1) is 0 Å². The highest BCUT2D eigenvalue weighted by Crippen LogP contribution is 2.29. The monoisotopic (exact) mass is 278 g/mol. The van der Waals surface area contributed by atoms with Crippen molar-refractivity contribution in [1.29, 1.82) is 0 Å². The number of nitrogens with zero attached hydrogens (tertiary/aromatic N) is 3. The first-order chi connectivity index (χ1) is 9.13. The number of hydrogen-bond donors (Lipinski definition) is 3. The summed E-state index contributed by atoms with van der Waals surface area (Å²) in [6.07, 6.45) is 0. The summed E-state index contributed by atoms with van der Waals surface area (Å²) in [4.78, 5) is 8.04. The molecule has 6 nitrogen and oxygen atoms in total. The Morgan fingerprint density at radius 2 is 2.00 bits per heavy atom. The summed E-state index contributed by atoms with van der Waals surface area (Å²) in [5.74, 6) is 0.131. The number of guanidine groups is 2. The SMILES string of the molecule is NC1=NC2SC=C(c3ccc(F)cc3)NN2C(N)=N1. The number of rotatable bonds is 1. The molecule has 98 valence electrons. The molecule has 0 amide bonds. The van der Waals surface area contributed by atoms with E-state index in [1.54, 1.807) is 17.1 Å². The van der Waals surface area contributed by atoms with Crippen molar-refractivity contribution in [3.63, 3.8) is 0 Å². The van der Waals surface area contributed by atoms with E-state index >= 15 is 0 Å². The summed E-state index contributed by atoms with van der Waals surface area (Å²) in [5.41, 5.74) is 15.8. The molecule has 0 saturated carbocycles. The first kappa shape index (κ1) is 11.8. The second-order valence-corrected chi connectivity index (χ2v) is 4.87. The highest BCUT2D eigenvalue weighted by Gasteiger charge is 2.28. The van der Waals surface area contributed by atoms with E-state index in [-0.39, 0.29) is 23.2 Å². The van der Waals surface area contributed by atoms with Crippen LogP contribution in [0.3, 0.4) is 0 Å². The second kappa shape index (κ2) is 4.47. The van der Waals surface area contributed by atoms with Crippen molar-refractivity contribution < 1.29 is 4.39 Å². The fraction of sp³-hybridized carbons (Fsp3) is 0.0909. The predicted molar refractivity (Wildman–Crippen MR) is 74.0 cm³/mol. The van der Waals surface area contributed by atoms with Crippen molar-refractivity contribution >= 4 is 29.4 Å². The van der Waals surface area contributed by atoms with E-state index in [1.165, 1.54) is 23.9 Å². The third kappa shape index (κ3) is 2.22. The molecule has 0 fully saturated rings. The third-order valence-corrected chi connectivity index (χ3v) is 3.57. The number of aliphatic imine (C=N–C) groups is 2. The topological polar surface area (TPSA) is 92.0 Å².